The number of hydrogen-bond acceptors (Lipinski definition) is 3. The predicted octanol–water partition coefficient (Wildman–Crippen LogP) is 1.85. The fraction of sp³-hybridized carbons (Fsp3) is 0.455. The summed E-state index contributed by atoms with van der Waals surface area (Å²) in [5, 5.41) is 8.94. The van der Waals surface area contributed by atoms with Crippen LogP contribution in [0.5, 0.6) is 0 Å². The van der Waals surface area contributed by atoms with E-state index in [9.17, 15) is 0 Å². The zero-order chi connectivity index (χ0) is 10.4. The Bertz CT molecular complexity index is 511. The number of pyridine rings is 1. The number of hydrogen-bond donors (Lipinski definition) is 1. The molecule has 0 amide bonds. The molecule has 0 spiro atoms. The van der Waals surface area contributed by atoms with E-state index in [2.05, 4.69) is 21.5 Å². The van der Waals surface area contributed by atoms with Gasteiger partial charge in [0.1, 0.15) is 0 Å². The van der Waals surface area contributed by atoms with E-state index in [1.165, 1.54) is 12.8 Å². The standard InChI is InChI=1S/C11H14N4/c1-7-10-5-9(13-8-3-4-8)6-12-11(10)15(2)14-7/h5-6,8,13H,3-4H2,1-2H3. The maximum atomic E-state index is 4.42. The van der Waals surface area contributed by atoms with Gasteiger partial charge in [-0.2, -0.15) is 5.10 Å². The van der Waals surface area contributed by atoms with Crippen LogP contribution in [-0.2, 0) is 7.05 Å². The van der Waals surface area contributed by atoms with Crippen LogP contribution in [0.15, 0.2) is 12.3 Å². The molecule has 1 N–H and O–H groups in total. The highest BCUT2D eigenvalue weighted by Crippen LogP contribution is 2.26. The second-order valence-corrected chi connectivity index (χ2v) is 4.22. The number of fused-ring (bicyclic) bond motifs is 1. The minimum Gasteiger partial charge on any atom is -0.381 e. The molecule has 0 aliphatic heterocycles. The minimum absolute atomic E-state index is 0.668. The van der Waals surface area contributed by atoms with Gasteiger partial charge in [0.05, 0.1) is 17.6 Å². The quantitative estimate of drug-likeness (QED) is 0.808. The SMILES string of the molecule is Cc1nn(C)c2ncc(NC3CC3)cc12. The number of nitrogens with one attached hydrogen (secondary N) is 1. The number of aryl methyl sites for hydroxylation is 2. The fourth-order valence-electron chi connectivity index (χ4n) is 1.85. The zero-order valence-corrected chi connectivity index (χ0v) is 8.99. The molecule has 1 aliphatic rings. The minimum atomic E-state index is 0.668. The molecule has 0 unspecified atom stereocenters. The third-order valence-corrected chi connectivity index (χ3v) is 2.81. The highest BCUT2D eigenvalue weighted by atomic mass is 15.3. The lowest BCUT2D eigenvalue weighted by Gasteiger charge is -2.03. The average Bonchev–Trinajstić information content (AvgIpc) is 2.96. The van der Waals surface area contributed by atoms with Crippen molar-refractivity contribution in [2.24, 2.45) is 7.05 Å². The van der Waals surface area contributed by atoms with Gasteiger partial charge in [0, 0.05) is 18.5 Å². The van der Waals surface area contributed by atoms with E-state index in [4.69, 9.17) is 0 Å². The highest BCUT2D eigenvalue weighted by molar-refractivity contribution is 5.81. The molecule has 4 heteroatoms. The van der Waals surface area contributed by atoms with Crippen LogP contribution in [-0.4, -0.2) is 20.8 Å². The van der Waals surface area contributed by atoms with Crippen molar-refractivity contribution in [1.82, 2.24) is 14.8 Å². The van der Waals surface area contributed by atoms with Crippen molar-refractivity contribution in [2.45, 2.75) is 25.8 Å². The van der Waals surface area contributed by atoms with Gasteiger partial charge < -0.3 is 5.32 Å². The molecule has 0 atom stereocenters. The molecule has 1 aliphatic carbocycles. The van der Waals surface area contributed by atoms with E-state index < -0.39 is 0 Å². The second-order valence-electron chi connectivity index (χ2n) is 4.22. The van der Waals surface area contributed by atoms with Crippen LogP contribution in [0.3, 0.4) is 0 Å². The third kappa shape index (κ3) is 1.46. The molecule has 4 nitrogen and oxygen atoms in total. The molecule has 0 aromatic carbocycles. The van der Waals surface area contributed by atoms with Crippen molar-refractivity contribution >= 4 is 16.7 Å². The Morgan fingerprint density at radius 2 is 2.27 bits per heavy atom. The summed E-state index contributed by atoms with van der Waals surface area (Å²) in [4.78, 5) is 4.42. The van der Waals surface area contributed by atoms with E-state index in [-0.39, 0.29) is 0 Å². The summed E-state index contributed by atoms with van der Waals surface area (Å²) in [5.41, 5.74) is 3.11. The van der Waals surface area contributed by atoms with Crippen LogP contribution in [0, 0.1) is 6.92 Å². The van der Waals surface area contributed by atoms with Crippen LogP contribution in [0.1, 0.15) is 18.5 Å². The van der Waals surface area contributed by atoms with Gasteiger partial charge in [-0.1, -0.05) is 0 Å². The van der Waals surface area contributed by atoms with E-state index in [1.807, 2.05) is 24.9 Å². The van der Waals surface area contributed by atoms with Crippen LogP contribution in [0.2, 0.25) is 0 Å². The maximum absolute atomic E-state index is 4.42. The molecule has 0 bridgehead atoms. The van der Waals surface area contributed by atoms with Crippen LogP contribution < -0.4 is 5.32 Å². The van der Waals surface area contributed by atoms with Gasteiger partial charge in [0.25, 0.3) is 0 Å². The Hall–Kier alpha value is -1.58. The van der Waals surface area contributed by atoms with Gasteiger partial charge in [-0.3, -0.25) is 4.68 Å². The summed E-state index contributed by atoms with van der Waals surface area (Å²) in [7, 11) is 1.93. The second kappa shape index (κ2) is 2.95. The number of nitrogens with zero attached hydrogens (tertiary/aromatic N) is 3. The topological polar surface area (TPSA) is 42.7 Å². The third-order valence-electron chi connectivity index (χ3n) is 2.81. The summed E-state index contributed by atoms with van der Waals surface area (Å²) in [5.74, 6) is 0. The maximum Gasteiger partial charge on any atom is 0.157 e. The van der Waals surface area contributed by atoms with Crippen LogP contribution in [0.25, 0.3) is 11.0 Å². The summed E-state index contributed by atoms with van der Waals surface area (Å²) >= 11 is 0. The Morgan fingerprint density at radius 3 is 3.00 bits per heavy atom. The van der Waals surface area contributed by atoms with Crippen LogP contribution >= 0.6 is 0 Å². The fourth-order valence-corrected chi connectivity index (χ4v) is 1.85. The van der Waals surface area contributed by atoms with E-state index in [0.717, 1.165) is 22.4 Å². The van der Waals surface area contributed by atoms with E-state index in [0.29, 0.717) is 6.04 Å². The first kappa shape index (κ1) is 8.71. The molecule has 2 heterocycles. The van der Waals surface area contributed by atoms with E-state index >= 15 is 0 Å². The lowest BCUT2D eigenvalue weighted by atomic mass is 10.2. The normalized spacial score (nSPS) is 15.9. The summed E-state index contributed by atoms with van der Waals surface area (Å²) in [6, 6.07) is 2.81. The predicted molar refractivity (Wildman–Crippen MR) is 59.9 cm³/mol. The monoisotopic (exact) mass is 202 g/mol. The molecule has 15 heavy (non-hydrogen) atoms. The number of rotatable bonds is 2. The first-order valence-corrected chi connectivity index (χ1v) is 5.30. The van der Waals surface area contributed by atoms with Gasteiger partial charge in [-0.15, -0.1) is 0 Å². The van der Waals surface area contributed by atoms with Gasteiger partial charge in [-0.25, -0.2) is 4.98 Å². The lowest BCUT2D eigenvalue weighted by molar-refractivity contribution is 0.774. The van der Waals surface area contributed by atoms with Crippen molar-refractivity contribution in [3.05, 3.63) is 18.0 Å². The van der Waals surface area contributed by atoms with Gasteiger partial charge in [-0.05, 0) is 25.8 Å². The zero-order valence-electron chi connectivity index (χ0n) is 8.99. The molecule has 0 saturated heterocycles. The van der Waals surface area contributed by atoms with Crippen molar-refractivity contribution in [3.63, 3.8) is 0 Å². The Morgan fingerprint density at radius 1 is 1.47 bits per heavy atom. The molecule has 1 fully saturated rings. The lowest BCUT2D eigenvalue weighted by Crippen LogP contribution is -2.01. The summed E-state index contributed by atoms with van der Waals surface area (Å²) in [6.45, 7) is 2.02. The largest absolute Gasteiger partial charge is 0.381 e. The van der Waals surface area contributed by atoms with Crippen molar-refractivity contribution < 1.29 is 0 Å². The number of aromatic nitrogens is 3. The van der Waals surface area contributed by atoms with Crippen molar-refractivity contribution in [2.75, 3.05) is 5.32 Å². The molecule has 1 saturated carbocycles. The van der Waals surface area contributed by atoms with Crippen molar-refractivity contribution in [3.8, 4) is 0 Å². The molecular formula is C11H14N4. The van der Waals surface area contributed by atoms with Crippen LogP contribution in [0.4, 0.5) is 5.69 Å². The average molecular weight is 202 g/mol. The molecule has 2 aromatic heterocycles. The van der Waals surface area contributed by atoms with Gasteiger partial charge in [0.15, 0.2) is 5.65 Å². The smallest absolute Gasteiger partial charge is 0.157 e. The molecule has 0 radical (unpaired) electrons. The highest BCUT2D eigenvalue weighted by Gasteiger charge is 2.21. The summed E-state index contributed by atoms with van der Waals surface area (Å²) in [6.07, 6.45) is 4.45. The Balaban J connectivity index is 2.07. The van der Waals surface area contributed by atoms with Gasteiger partial charge >= 0.3 is 0 Å². The molecule has 3 rings (SSSR count). The molecular weight excluding hydrogens is 188 g/mol. The Labute approximate surface area is 88.3 Å². The molecule has 2 aromatic rings. The van der Waals surface area contributed by atoms with E-state index in [1.54, 1.807) is 0 Å². The van der Waals surface area contributed by atoms with Crippen molar-refractivity contribution in [1.29, 1.82) is 0 Å². The first-order chi connectivity index (χ1) is 7.24. The number of anilines is 1. The Kier molecular flexibility index (Phi) is 1.71. The first-order valence-electron chi connectivity index (χ1n) is 5.30. The summed E-state index contributed by atoms with van der Waals surface area (Å²) < 4.78 is 1.82. The molecule has 78 valence electrons. The van der Waals surface area contributed by atoms with Gasteiger partial charge in [0.2, 0.25) is 0 Å².